The second kappa shape index (κ2) is 5.45. The van der Waals surface area contributed by atoms with Gasteiger partial charge in [0.05, 0.1) is 11.2 Å². The normalized spacial score (nSPS) is 25.6. The maximum atomic E-state index is 6.26. The van der Waals surface area contributed by atoms with Gasteiger partial charge in [0, 0.05) is 23.9 Å². The Morgan fingerprint density at radius 2 is 2.05 bits per heavy atom. The Kier molecular flexibility index (Phi) is 4.22. The van der Waals surface area contributed by atoms with Crippen LogP contribution in [0.5, 0.6) is 0 Å². The van der Waals surface area contributed by atoms with Crippen molar-refractivity contribution in [1.82, 2.24) is 10.3 Å². The van der Waals surface area contributed by atoms with Gasteiger partial charge in [-0.05, 0) is 59.2 Å². The van der Waals surface area contributed by atoms with Crippen LogP contribution in [0.25, 0.3) is 0 Å². The lowest BCUT2D eigenvalue weighted by Crippen LogP contribution is -2.38. The number of rotatable bonds is 4. The molecule has 0 amide bonds. The summed E-state index contributed by atoms with van der Waals surface area (Å²) in [5, 5.41) is 3.63. The zero-order chi connectivity index (χ0) is 15.0. The van der Waals surface area contributed by atoms with Crippen LogP contribution >= 0.6 is 0 Å². The quantitative estimate of drug-likeness (QED) is 0.911. The van der Waals surface area contributed by atoms with E-state index < -0.39 is 0 Å². The van der Waals surface area contributed by atoms with E-state index in [9.17, 15) is 0 Å². The standard InChI is InChI=1S/C17H28N2O/c1-7-18-15(13-9-8-12(2)19-11-13)14-10-16(3,4)20-17(14,5)6/h8-9,11,14-15,18H,7,10H2,1-6H3. The molecule has 1 fully saturated rings. The molecule has 0 aliphatic carbocycles. The first-order valence-electron chi connectivity index (χ1n) is 7.61. The number of hydrogen-bond acceptors (Lipinski definition) is 3. The monoisotopic (exact) mass is 276 g/mol. The van der Waals surface area contributed by atoms with Crippen molar-refractivity contribution >= 4 is 0 Å². The van der Waals surface area contributed by atoms with E-state index in [1.54, 1.807) is 0 Å². The summed E-state index contributed by atoms with van der Waals surface area (Å²) < 4.78 is 6.26. The summed E-state index contributed by atoms with van der Waals surface area (Å²) in [7, 11) is 0. The molecule has 0 saturated carbocycles. The summed E-state index contributed by atoms with van der Waals surface area (Å²) in [5.41, 5.74) is 2.14. The van der Waals surface area contributed by atoms with Crippen molar-refractivity contribution in [1.29, 1.82) is 0 Å². The number of nitrogens with zero attached hydrogens (tertiary/aromatic N) is 1. The van der Waals surface area contributed by atoms with Gasteiger partial charge in [-0.15, -0.1) is 0 Å². The summed E-state index contributed by atoms with van der Waals surface area (Å²) in [6.07, 6.45) is 3.07. The van der Waals surface area contributed by atoms with Gasteiger partial charge in [0.15, 0.2) is 0 Å². The van der Waals surface area contributed by atoms with Crippen LogP contribution in [0, 0.1) is 12.8 Å². The summed E-state index contributed by atoms with van der Waals surface area (Å²) in [6, 6.07) is 4.58. The molecule has 1 aromatic rings. The smallest absolute Gasteiger partial charge is 0.0681 e. The molecule has 0 aromatic carbocycles. The fraction of sp³-hybridized carbons (Fsp3) is 0.706. The van der Waals surface area contributed by atoms with Gasteiger partial charge in [-0.1, -0.05) is 13.0 Å². The number of pyridine rings is 1. The van der Waals surface area contributed by atoms with Crippen LogP contribution in [0.1, 0.15) is 58.3 Å². The molecular weight excluding hydrogens is 248 g/mol. The molecule has 112 valence electrons. The lowest BCUT2D eigenvalue weighted by atomic mass is 9.79. The highest BCUT2D eigenvalue weighted by Gasteiger charge is 2.49. The molecule has 2 rings (SSSR count). The molecule has 0 radical (unpaired) electrons. The lowest BCUT2D eigenvalue weighted by molar-refractivity contribution is -0.0778. The van der Waals surface area contributed by atoms with Gasteiger partial charge in [-0.25, -0.2) is 0 Å². The first kappa shape index (κ1) is 15.5. The first-order chi connectivity index (χ1) is 9.25. The van der Waals surface area contributed by atoms with Crippen LogP contribution in [-0.4, -0.2) is 22.7 Å². The minimum atomic E-state index is -0.124. The van der Waals surface area contributed by atoms with E-state index in [2.05, 4.69) is 57.1 Å². The second-order valence-electron chi connectivity index (χ2n) is 7.04. The summed E-state index contributed by atoms with van der Waals surface area (Å²) in [5.74, 6) is 0.446. The Labute approximate surface area is 123 Å². The molecule has 2 atom stereocenters. The van der Waals surface area contributed by atoms with Gasteiger partial charge in [-0.2, -0.15) is 0 Å². The average molecular weight is 276 g/mol. The SMILES string of the molecule is CCNC(c1ccc(C)nc1)C1CC(C)(C)OC1(C)C. The van der Waals surface area contributed by atoms with Crippen molar-refractivity contribution in [2.24, 2.45) is 5.92 Å². The molecule has 2 unspecified atom stereocenters. The Bertz CT molecular complexity index is 451. The number of hydrogen-bond donors (Lipinski definition) is 1. The van der Waals surface area contributed by atoms with E-state index in [0.29, 0.717) is 12.0 Å². The third-order valence-corrected chi connectivity index (χ3v) is 4.26. The van der Waals surface area contributed by atoms with Crippen molar-refractivity contribution in [3.8, 4) is 0 Å². The number of aryl methyl sites for hydroxylation is 1. The predicted molar refractivity (Wildman–Crippen MR) is 82.7 cm³/mol. The lowest BCUT2D eigenvalue weighted by Gasteiger charge is -2.33. The third kappa shape index (κ3) is 3.21. The van der Waals surface area contributed by atoms with Crippen LogP contribution in [0.3, 0.4) is 0 Å². The summed E-state index contributed by atoms with van der Waals surface area (Å²) in [4.78, 5) is 4.46. The molecular formula is C17H28N2O. The van der Waals surface area contributed by atoms with Gasteiger partial charge in [0.2, 0.25) is 0 Å². The number of ether oxygens (including phenoxy) is 1. The maximum absolute atomic E-state index is 6.26. The molecule has 20 heavy (non-hydrogen) atoms. The molecule has 3 nitrogen and oxygen atoms in total. The average Bonchev–Trinajstić information content (AvgIpc) is 2.55. The van der Waals surface area contributed by atoms with Crippen molar-refractivity contribution < 1.29 is 4.74 Å². The molecule has 1 aliphatic heterocycles. The van der Waals surface area contributed by atoms with Crippen LogP contribution in [0.2, 0.25) is 0 Å². The Morgan fingerprint density at radius 1 is 1.35 bits per heavy atom. The van der Waals surface area contributed by atoms with E-state index in [1.807, 2.05) is 13.1 Å². The van der Waals surface area contributed by atoms with E-state index >= 15 is 0 Å². The minimum Gasteiger partial charge on any atom is -0.369 e. The van der Waals surface area contributed by atoms with Gasteiger partial charge in [-0.3, -0.25) is 4.98 Å². The van der Waals surface area contributed by atoms with Crippen molar-refractivity contribution in [3.63, 3.8) is 0 Å². The van der Waals surface area contributed by atoms with E-state index in [-0.39, 0.29) is 11.2 Å². The van der Waals surface area contributed by atoms with Gasteiger partial charge >= 0.3 is 0 Å². The largest absolute Gasteiger partial charge is 0.369 e. The van der Waals surface area contributed by atoms with Crippen molar-refractivity contribution in [3.05, 3.63) is 29.6 Å². The number of aromatic nitrogens is 1. The fourth-order valence-corrected chi connectivity index (χ4v) is 3.50. The van der Waals surface area contributed by atoms with Gasteiger partial charge < -0.3 is 10.1 Å². The van der Waals surface area contributed by atoms with E-state index in [1.165, 1.54) is 5.56 Å². The minimum absolute atomic E-state index is 0.0556. The molecule has 2 heterocycles. The topological polar surface area (TPSA) is 34.2 Å². The molecule has 1 aliphatic rings. The Balaban J connectivity index is 2.31. The zero-order valence-corrected chi connectivity index (χ0v) is 13.7. The zero-order valence-electron chi connectivity index (χ0n) is 13.7. The highest BCUT2D eigenvalue weighted by molar-refractivity contribution is 5.20. The predicted octanol–water partition coefficient (Wildman–Crippen LogP) is 3.63. The molecule has 3 heteroatoms. The third-order valence-electron chi connectivity index (χ3n) is 4.26. The maximum Gasteiger partial charge on any atom is 0.0681 e. The van der Waals surface area contributed by atoms with Crippen LogP contribution in [0.4, 0.5) is 0 Å². The van der Waals surface area contributed by atoms with Gasteiger partial charge in [0.1, 0.15) is 0 Å². The molecule has 1 saturated heterocycles. The van der Waals surface area contributed by atoms with E-state index in [4.69, 9.17) is 4.74 Å². The van der Waals surface area contributed by atoms with Gasteiger partial charge in [0.25, 0.3) is 0 Å². The van der Waals surface area contributed by atoms with E-state index in [0.717, 1.165) is 18.7 Å². The van der Waals surface area contributed by atoms with Crippen LogP contribution < -0.4 is 5.32 Å². The van der Waals surface area contributed by atoms with Crippen molar-refractivity contribution in [2.45, 2.75) is 65.2 Å². The molecule has 1 aromatic heterocycles. The second-order valence-corrected chi connectivity index (χ2v) is 7.04. The first-order valence-corrected chi connectivity index (χ1v) is 7.61. The molecule has 0 bridgehead atoms. The number of nitrogens with one attached hydrogen (secondary N) is 1. The van der Waals surface area contributed by atoms with Crippen molar-refractivity contribution in [2.75, 3.05) is 6.54 Å². The summed E-state index contributed by atoms with van der Waals surface area (Å²) >= 11 is 0. The highest BCUT2D eigenvalue weighted by atomic mass is 16.5. The molecule has 0 spiro atoms. The van der Waals surface area contributed by atoms with Crippen LogP contribution in [-0.2, 0) is 4.74 Å². The highest BCUT2D eigenvalue weighted by Crippen LogP contribution is 2.47. The summed E-state index contributed by atoms with van der Waals surface area (Å²) in [6.45, 7) is 13.9. The van der Waals surface area contributed by atoms with Crippen LogP contribution in [0.15, 0.2) is 18.3 Å². The Morgan fingerprint density at radius 3 is 2.50 bits per heavy atom. The Hall–Kier alpha value is -0.930. The molecule has 1 N–H and O–H groups in total. The fourth-order valence-electron chi connectivity index (χ4n) is 3.50.